The number of hydrogen-bond donors (Lipinski definition) is 1. The van der Waals surface area contributed by atoms with Crippen LogP contribution in [0, 0.1) is 5.41 Å². The Kier molecular flexibility index (Phi) is 6.54. The topological polar surface area (TPSA) is 82.1 Å². The average molecular weight is 497 g/mol. The SMILES string of the molecule is COC(=O)C1(C(=O)OC)C[C@@H](c2ccccc2)/C(=C/C=C/c2ccccc2)[C@]2(O)O[C@H]1c1ccccc12. The zero-order valence-corrected chi connectivity index (χ0v) is 20.7. The van der Waals surface area contributed by atoms with Crippen LogP contribution >= 0.6 is 0 Å². The minimum Gasteiger partial charge on any atom is -0.468 e. The van der Waals surface area contributed by atoms with Gasteiger partial charge in [0.25, 0.3) is 0 Å². The van der Waals surface area contributed by atoms with Gasteiger partial charge in [-0.25, -0.2) is 0 Å². The molecule has 1 N–H and O–H groups in total. The normalized spacial score (nSPS) is 24.9. The number of carbonyl (C=O) groups is 2. The van der Waals surface area contributed by atoms with Crippen molar-refractivity contribution < 1.29 is 28.9 Å². The zero-order chi connectivity index (χ0) is 26.0. The van der Waals surface area contributed by atoms with Crippen molar-refractivity contribution in [1.82, 2.24) is 0 Å². The van der Waals surface area contributed by atoms with Gasteiger partial charge in [0.05, 0.1) is 14.2 Å². The monoisotopic (exact) mass is 496 g/mol. The van der Waals surface area contributed by atoms with Crippen LogP contribution in [0.25, 0.3) is 6.08 Å². The number of ether oxygens (including phenoxy) is 3. The fourth-order valence-corrected chi connectivity index (χ4v) is 5.56. The van der Waals surface area contributed by atoms with Gasteiger partial charge < -0.3 is 19.3 Å². The molecule has 0 spiro atoms. The van der Waals surface area contributed by atoms with Crippen molar-refractivity contribution in [2.45, 2.75) is 24.2 Å². The van der Waals surface area contributed by atoms with E-state index in [2.05, 4.69) is 0 Å². The van der Waals surface area contributed by atoms with E-state index in [1.54, 1.807) is 24.3 Å². The van der Waals surface area contributed by atoms with Crippen LogP contribution in [0.1, 0.15) is 40.7 Å². The molecule has 0 amide bonds. The van der Waals surface area contributed by atoms with Crippen molar-refractivity contribution in [3.63, 3.8) is 0 Å². The first-order valence-electron chi connectivity index (χ1n) is 12.1. The van der Waals surface area contributed by atoms with E-state index >= 15 is 0 Å². The summed E-state index contributed by atoms with van der Waals surface area (Å²) in [5.41, 5.74) is 1.50. The van der Waals surface area contributed by atoms with Crippen LogP contribution in [-0.2, 0) is 29.6 Å². The summed E-state index contributed by atoms with van der Waals surface area (Å²) < 4.78 is 16.7. The number of hydrogen-bond acceptors (Lipinski definition) is 6. The largest absolute Gasteiger partial charge is 0.468 e. The van der Waals surface area contributed by atoms with E-state index in [0.717, 1.165) is 11.1 Å². The summed E-state index contributed by atoms with van der Waals surface area (Å²) in [6, 6.07) is 26.4. The third-order valence-corrected chi connectivity index (χ3v) is 7.30. The zero-order valence-electron chi connectivity index (χ0n) is 20.7. The molecule has 0 aromatic heterocycles. The van der Waals surface area contributed by atoms with Crippen molar-refractivity contribution in [2.75, 3.05) is 14.2 Å². The summed E-state index contributed by atoms with van der Waals surface area (Å²) >= 11 is 0. The summed E-state index contributed by atoms with van der Waals surface area (Å²) in [7, 11) is 2.48. The maximum absolute atomic E-state index is 13.5. The molecule has 3 aromatic rings. The second-order valence-corrected chi connectivity index (χ2v) is 9.24. The third kappa shape index (κ3) is 3.99. The minimum absolute atomic E-state index is 0.0112. The van der Waals surface area contributed by atoms with Crippen molar-refractivity contribution in [2.24, 2.45) is 5.41 Å². The number of benzene rings is 3. The van der Waals surface area contributed by atoms with Gasteiger partial charge in [-0.1, -0.05) is 103 Å². The van der Waals surface area contributed by atoms with Crippen molar-refractivity contribution >= 4 is 18.0 Å². The van der Waals surface area contributed by atoms with Crippen LogP contribution in [0.5, 0.6) is 0 Å². The Bertz CT molecular complexity index is 1340. The molecule has 0 aliphatic carbocycles. The number of fused-ring (bicyclic) bond motifs is 5. The molecule has 1 saturated heterocycles. The molecule has 37 heavy (non-hydrogen) atoms. The first-order chi connectivity index (χ1) is 18.0. The molecule has 0 radical (unpaired) electrons. The fraction of sp³-hybridized carbons (Fsp3) is 0.226. The Hall–Kier alpha value is -4.00. The predicted octanol–water partition coefficient (Wildman–Crippen LogP) is 5.06. The molecular weight excluding hydrogens is 468 g/mol. The molecule has 3 atom stereocenters. The summed E-state index contributed by atoms with van der Waals surface area (Å²) in [6.45, 7) is 0. The molecular formula is C31H28O6. The highest BCUT2D eigenvalue weighted by atomic mass is 16.6. The van der Waals surface area contributed by atoms with Gasteiger partial charge in [-0.15, -0.1) is 0 Å². The van der Waals surface area contributed by atoms with Gasteiger partial charge in [-0.05, 0) is 23.1 Å². The second kappa shape index (κ2) is 9.81. The number of carbonyl (C=O) groups excluding carboxylic acids is 2. The van der Waals surface area contributed by atoms with E-state index < -0.39 is 35.2 Å². The smallest absolute Gasteiger partial charge is 0.326 e. The highest BCUT2D eigenvalue weighted by Gasteiger charge is 2.66. The molecule has 2 heterocycles. The lowest BCUT2D eigenvalue weighted by Crippen LogP contribution is -2.46. The molecule has 0 saturated carbocycles. The lowest BCUT2D eigenvalue weighted by molar-refractivity contribution is -0.222. The summed E-state index contributed by atoms with van der Waals surface area (Å²) in [4.78, 5) is 27.0. The van der Waals surface area contributed by atoms with Gasteiger partial charge in [0.1, 0.15) is 6.10 Å². The van der Waals surface area contributed by atoms with Crippen molar-refractivity contribution in [1.29, 1.82) is 0 Å². The molecule has 0 unspecified atom stereocenters. The number of methoxy groups -OCH3 is 2. The molecule has 6 heteroatoms. The van der Waals surface area contributed by atoms with Crippen molar-refractivity contribution in [3.05, 3.63) is 125 Å². The van der Waals surface area contributed by atoms with Crippen molar-refractivity contribution in [3.8, 4) is 0 Å². The van der Waals surface area contributed by atoms with E-state index in [4.69, 9.17) is 14.2 Å². The predicted molar refractivity (Wildman–Crippen MR) is 138 cm³/mol. The first kappa shape index (κ1) is 24.7. The Morgan fingerprint density at radius 2 is 1.49 bits per heavy atom. The molecule has 5 rings (SSSR count). The number of allylic oxidation sites excluding steroid dienone is 2. The molecule has 2 bridgehead atoms. The maximum atomic E-state index is 13.5. The van der Waals surface area contributed by atoms with Gasteiger partial charge >= 0.3 is 11.9 Å². The number of rotatable bonds is 5. The molecule has 6 nitrogen and oxygen atoms in total. The van der Waals surface area contributed by atoms with Gasteiger partial charge in [0.15, 0.2) is 5.41 Å². The third-order valence-electron chi connectivity index (χ3n) is 7.30. The molecule has 1 fully saturated rings. The van der Waals surface area contributed by atoms with Crippen LogP contribution in [0.4, 0.5) is 0 Å². The highest BCUT2D eigenvalue weighted by Crippen LogP contribution is 2.62. The fourth-order valence-electron chi connectivity index (χ4n) is 5.56. The van der Waals surface area contributed by atoms with Crippen LogP contribution < -0.4 is 0 Å². The van der Waals surface area contributed by atoms with Crippen LogP contribution in [-0.4, -0.2) is 31.3 Å². The van der Waals surface area contributed by atoms with Crippen LogP contribution in [0.3, 0.4) is 0 Å². The van der Waals surface area contributed by atoms with Crippen LogP contribution in [0.15, 0.2) is 103 Å². The van der Waals surface area contributed by atoms with E-state index in [1.165, 1.54) is 14.2 Å². The maximum Gasteiger partial charge on any atom is 0.326 e. The van der Waals surface area contributed by atoms with Crippen LogP contribution in [0.2, 0.25) is 0 Å². The second-order valence-electron chi connectivity index (χ2n) is 9.24. The van der Waals surface area contributed by atoms with E-state index in [9.17, 15) is 14.7 Å². The Balaban J connectivity index is 1.78. The van der Waals surface area contributed by atoms with Gasteiger partial charge in [0.2, 0.25) is 5.79 Å². The number of aliphatic hydroxyl groups is 1. The summed E-state index contributed by atoms with van der Waals surface area (Å²) in [6.07, 6.45) is 4.47. The lowest BCUT2D eigenvalue weighted by Gasteiger charge is -2.35. The van der Waals surface area contributed by atoms with E-state index in [1.807, 2.05) is 78.9 Å². The van der Waals surface area contributed by atoms with E-state index in [-0.39, 0.29) is 6.42 Å². The standard InChI is InChI=1S/C31H28O6/c1-35-28(32)30(29(33)36-2)20-24(22-15-7-4-8-16-22)26(19-11-14-21-12-5-3-6-13-21)31(34)25-18-10-9-17-23(25)27(30)37-31/h3-19,24,27,34H,20H2,1-2H3/b14-11+,26-19-/t24-,27-,31+/m0/s1. The highest BCUT2D eigenvalue weighted by molar-refractivity contribution is 6.01. The molecule has 2 aliphatic heterocycles. The summed E-state index contributed by atoms with van der Waals surface area (Å²) in [5, 5.41) is 12.3. The Morgan fingerprint density at radius 3 is 2.14 bits per heavy atom. The number of esters is 2. The molecule has 2 aliphatic rings. The molecule has 3 aromatic carbocycles. The van der Waals surface area contributed by atoms with Gasteiger partial charge in [-0.2, -0.15) is 0 Å². The quantitative estimate of drug-likeness (QED) is 0.393. The summed E-state index contributed by atoms with van der Waals surface area (Å²) in [5.74, 6) is -3.99. The van der Waals surface area contributed by atoms with E-state index in [0.29, 0.717) is 16.7 Å². The average Bonchev–Trinajstić information content (AvgIpc) is 3.19. The minimum atomic E-state index is -1.88. The van der Waals surface area contributed by atoms with Gasteiger partial charge in [0, 0.05) is 17.1 Å². The molecule has 188 valence electrons. The Morgan fingerprint density at radius 1 is 0.892 bits per heavy atom. The lowest BCUT2D eigenvalue weighted by atomic mass is 9.66. The van der Waals surface area contributed by atoms with Gasteiger partial charge in [-0.3, -0.25) is 9.59 Å². The Labute approximate surface area is 215 Å². The first-order valence-corrected chi connectivity index (χ1v) is 12.1.